The second kappa shape index (κ2) is 11.8. The van der Waals surface area contributed by atoms with Crippen LogP contribution in [0.4, 0.5) is 14.5 Å². The zero-order chi connectivity index (χ0) is 24.6. The van der Waals surface area contributed by atoms with E-state index < -0.39 is 11.8 Å². The standard InChI is InChI=1S/C27H21ClF2N2O2S/c28-23-7-4-8-24(29)22(23)14-27(33)32-20-10-9-19(16-34-21-11-12-26(30)31-15-21)25(13-20)35-17-18-5-2-1-3-6-18/h1-13,15H,14,16-17H2,(H,32,33). The highest BCUT2D eigenvalue weighted by Crippen LogP contribution is 2.30. The van der Waals surface area contributed by atoms with Gasteiger partial charge < -0.3 is 10.1 Å². The molecule has 4 rings (SSSR count). The molecule has 0 aliphatic carbocycles. The fraction of sp³-hybridized carbons (Fsp3) is 0.111. The molecule has 1 N–H and O–H groups in total. The first-order chi connectivity index (χ1) is 17.0. The van der Waals surface area contributed by atoms with Gasteiger partial charge >= 0.3 is 0 Å². The van der Waals surface area contributed by atoms with Crippen LogP contribution >= 0.6 is 23.4 Å². The van der Waals surface area contributed by atoms with Crippen LogP contribution in [-0.4, -0.2) is 10.9 Å². The van der Waals surface area contributed by atoms with Crippen LogP contribution in [-0.2, 0) is 23.6 Å². The number of amides is 1. The number of nitrogens with one attached hydrogen (secondary N) is 1. The van der Waals surface area contributed by atoms with Crippen molar-refractivity contribution in [2.24, 2.45) is 0 Å². The van der Waals surface area contributed by atoms with Gasteiger partial charge in [-0.05, 0) is 42.0 Å². The third-order valence-electron chi connectivity index (χ3n) is 5.08. The van der Waals surface area contributed by atoms with E-state index in [0.29, 0.717) is 17.2 Å². The van der Waals surface area contributed by atoms with Crippen LogP contribution in [0.3, 0.4) is 0 Å². The number of ether oxygens (including phenoxy) is 1. The van der Waals surface area contributed by atoms with Gasteiger partial charge in [0.05, 0.1) is 12.6 Å². The molecule has 8 heteroatoms. The molecule has 0 bridgehead atoms. The summed E-state index contributed by atoms with van der Waals surface area (Å²) in [5, 5.41) is 3.03. The van der Waals surface area contributed by atoms with E-state index in [4.69, 9.17) is 16.3 Å². The minimum Gasteiger partial charge on any atom is -0.487 e. The Hall–Kier alpha value is -3.42. The van der Waals surface area contributed by atoms with E-state index in [2.05, 4.69) is 10.3 Å². The van der Waals surface area contributed by atoms with Gasteiger partial charge in [-0.2, -0.15) is 4.39 Å². The van der Waals surface area contributed by atoms with E-state index in [1.165, 1.54) is 30.5 Å². The van der Waals surface area contributed by atoms with E-state index in [0.717, 1.165) is 16.0 Å². The van der Waals surface area contributed by atoms with Gasteiger partial charge in [0.15, 0.2) is 0 Å². The number of hydrogen-bond acceptors (Lipinski definition) is 4. The Morgan fingerprint density at radius 2 is 1.83 bits per heavy atom. The number of rotatable bonds is 9. The van der Waals surface area contributed by atoms with E-state index in [-0.39, 0.29) is 29.5 Å². The van der Waals surface area contributed by atoms with Crippen molar-refractivity contribution in [2.75, 3.05) is 5.32 Å². The van der Waals surface area contributed by atoms with Gasteiger partial charge in [-0.25, -0.2) is 9.37 Å². The first-order valence-electron chi connectivity index (χ1n) is 10.7. The summed E-state index contributed by atoms with van der Waals surface area (Å²) in [5.41, 5.74) is 2.77. The van der Waals surface area contributed by atoms with Crippen molar-refractivity contribution in [3.8, 4) is 5.75 Å². The lowest BCUT2D eigenvalue weighted by Crippen LogP contribution is -2.15. The molecule has 4 aromatic rings. The predicted molar refractivity (Wildman–Crippen MR) is 135 cm³/mol. The maximum atomic E-state index is 14.1. The molecular weight excluding hydrogens is 490 g/mol. The molecule has 0 unspecified atom stereocenters. The van der Waals surface area contributed by atoms with Crippen molar-refractivity contribution >= 4 is 35.0 Å². The molecule has 0 aliphatic rings. The van der Waals surface area contributed by atoms with Crippen molar-refractivity contribution in [1.29, 1.82) is 0 Å². The van der Waals surface area contributed by atoms with E-state index in [1.54, 1.807) is 23.9 Å². The van der Waals surface area contributed by atoms with Crippen molar-refractivity contribution in [1.82, 2.24) is 4.98 Å². The number of aromatic nitrogens is 1. The molecule has 1 heterocycles. The number of carbonyl (C=O) groups is 1. The smallest absolute Gasteiger partial charge is 0.228 e. The van der Waals surface area contributed by atoms with E-state index >= 15 is 0 Å². The minimum atomic E-state index is -0.576. The van der Waals surface area contributed by atoms with E-state index in [1.807, 2.05) is 42.5 Å². The maximum absolute atomic E-state index is 14.1. The number of thioether (sulfide) groups is 1. The van der Waals surface area contributed by atoms with E-state index in [9.17, 15) is 13.6 Å². The summed E-state index contributed by atoms with van der Waals surface area (Å²) in [6.45, 7) is 0.240. The topological polar surface area (TPSA) is 51.2 Å². The SMILES string of the molecule is O=C(Cc1c(F)cccc1Cl)Nc1ccc(COc2ccc(F)nc2)c(SCc2ccccc2)c1. The summed E-state index contributed by atoms with van der Waals surface area (Å²) in [6, 6.07) is 22.5. The van der Waals surface area contributed by atoms with Gasteiger partial charge in [0, 0.05) is 32.5 Å². The number of anilines is 1. The van der Waals surface area contributed by atoms with Crippen LogP contribution in [0.1, 0.15) is 16.7 Å². The third-order valence-corrected chi connectivity index (χ3v) is 6.60. The Morgan fingerprint density at radius 1 is 1.00 bits per heavy atom. The highest BCUT2D eigenvalue weighted by atomic mass is 35.5. The summed E-state index contributed by atoms with van der Waals surface area (Å²) in [6.07, 6.45) is 1.15. The minimum absolute atomic E-state index is 0.156. The summed E-state index contributed by atoms with van der Waals surface area (Å²) in [4.78, 5) is 17.1. The molecular formula is C27H21ClF2N2O2S. The Bertz CT molecular complexity index is 1280. The molecule has 0 aliphatic heterocycles. The van der Waals surface area contributed by atoms with Gasteiger partial charge in [0.1, 0.15) is 18.2 Å². The fourth-order valence-electron chi connectivity index (χ4n) is 3.30. The molecule has 4 nitrogen and oxygen atoms in total. The summed E-state index contributed by atoms with van der Waals surface area (Å²) >= 11 is 7.65. The fourth-order valence-corrected chi connectivity index (χ4v) is 4.56. The molecule has 1 aromatic heterocycles. The number of benzene rings is 3. The first kappa shape index (κ1) is 24.7. The highest BCUT2D eigenvalue weighted by molar-refractivity contribution is 7.98. The molecule has 0 atom stereocenters. The lowest BCUT2D eigenvalue weighted by atomic mass is 10.1. The molecule has 1 amide bonds. The lowest BCUT2D eigenvalue weighted by Gasteiger charge is -2.14. The third kappa shape index (κ3) is 7.04. The Morgan fingerprint density at radius 3 is 2.57 bits per heavy atom. The number of pyridine rings is 1. The van der Waals surface area contributed by atoms with Gasteiger partial charge in [-0.3, -0.25) is 4.79 Å². The van der Waals surface area contributed by atoms with Crippen LogP contribution in [0.2, 0.25) is 5.02 Å². The number of hydrogen-bond donors (Lipinski definition) is 1. The van der Waals surface area contributed by atoms with Gasteiger partial charge in [-0.15, -0.1) is 11.8 Å². The average molecular weight is 511 g/mol. The average Bonchev–Trinajstić information content (AvgIpc) is 2.86. The molecule has 178 valence electrons. The number of nitrogens with zero attached hydrogens (tertiary/aromatic N) is 1. The first-order valence-corrected chi connectivity index (χ1v) is 12.1. The van der Waals surface area contributed by atoms with Crippen LogP contribution in [0, 0.1) is 11.8 Å². The normalized spacial score (nSPS) is 10.7. The molecule has 0 saturated heterocycles. The van der Waals surface area contributed by atoms with Gasteiger partial charge in [-0.1, -0.05) is 54.1 Å². The van der Waals surface area contributed by atoms with Crippen molar-refractivity contribution in [3.63, 3.8) is 0 Å². The zero-order valence-corrected chi connectivity index (χ0v) is 20.1. The Balaban J connectivity index is 1.50. The van der Waals surface area contributed by atoms with Crippen molar-refractivity contribution < 1.29 is 18.3 Å². The molecule has 35 heavy (non-hydrogen) atoms. The Kier molecular flexibility index (Phi) is 8.34. The van der Waals surface area contributed by atoms with Crippen molar-refractivity contribution in [3.05, 3.63) is 119 Å². The second-order valence-electron chi connectivity index (χ2n) is 7.63. The van der Waals surface area contributed by atoms with Crippen LogP contribution in [0.15, 0.2) is 90.0 Å². The molecule has 3 aromatic carbocycles. The van der Waals surface area contributed by atoms with Crippen LogP contribution < -0.4 is 10.1 Å². The van der Waals surface area contributed by atoms with Gasteiger partial charge in [0.25, 0.3) is 0 Å². The largest absolute Gasteiger partial charge is 0.487 e. The highest BCUT2D eigenvalue weighted by Gasteiger charge is 2.14. The van der Waals surface area contributed by atoms with Crippen LogP contribution in [0.5, 0.6) is 5.75 Å². The quantitative estimate of drug-likeness (QED) is 0.193. The number of halogens is 3. The second-order valence-corrected chi connectivity index (χ2v) is 9.05. The molecule has 0 radical (unpaired) electrons. The van der Waals surface area contributed by atoms with Crippen LogP contribution in [0.25, 0.3) is 0 Å². The molecule has 0 saturated carbocycles. The monoisotopic (exact) mass is 510 g/mol. The number of carbonyl (C=O) groups excluding carboxylic acids is 1. The maximum Gasteiger partial charge on any atom is 0.228 e. The summed E-state index contributed by atoms with van der Waals surface area (Å²) in [7, 11) is 0. The van der Waals surface area contributed by atoms with Crippen molar-refractivity contribution in [2.45, 2.75) is 23.7 Å². The lowest BCUT2D eigenvalue weighted by molar-refractivity contribution is -0.115. The Labute approximate surface area is 211 Å². The van der Waals surface area contributed by atoms with Gasteiger partial charge in [0.2, 0.25) is 11.9 Å². The summed E-state index contributed by atoms with van der Waals surface area (Å²) in [5.74, 6) is -0.307. The molecule has 0 spiro atoms. The zero-order valence-electron chi connectivity index (χ0n) is 18.5. The predicted octanol–water partition coefficient (Wildman–Crippen LogP) is 7.07. The molecule has 0 fully saturated rings. The summed E-state index contributed by atoms with van der Waals surface area (Å²) < 4.78 is 32.9.